The average molecular weight is 352 g/mol. The van der Waals surface area contributed by atoms with Crippen LogP contribution in [0.25, 0.3) is 0 Å². The molecule has 0 amide bonds. The first-order valence-corrected chi connectivity index (χ1v) is 9.11. The van der Waals surface area contributed by atoms with Crippen molar-refractivity contribution < 1.29 is 0 Å². The maximum atomic E-state index is 2.68. The molecular weight excluding hydrogens is 319 g/mol. The average Bonchev–Trinajstić information content (AvgIpc) is 2.33. The zero-order chi connectivity index (χ0) is 12.9. The van der Waals surface area contributed by atoms with Crippen molar-refractivity contribution in [2.24, 2.45) is 5.92 Å². The number of unbranched alkanes of at least 4 members (excludes halogenated alkanes) is 7. The summed E-state index contributed by atoms with van der Waals surface area (Å²) < 4.78 is 0.912. The Morgan fingerprint density at radius 2 is 1.18 bits per heavy atom. The summed E-state index contributed by atoms with van der Waals surface area (Å²) in [6.45, 7) is 7.04. The third-order valence-corrected chi connectivity index (χ3v) is 5.56. The van der Waals surface area contributed by atoms with Gasteiger partial charge in [0.2, 0.25) is 0 Å². The van der Waals surface area contributed by atoms with Gasteiger partial charge in [0.15, 0.2) is 0 Å². The second-order valence-corrected chi connectivity index (χ2v) is 7.15. The Kier molecular flexibility index (Phi) is 13.7. The maximum Gasteiger partial charge on any atom is 0.0135 e. The highest BCUT2D eigenvalue weighted by Crippen LogP contribution is 2.24. The molecule has 0 saturated heterocycles. The summed E-state index contributed by atoms with van der Waals surface area (Å²) in [7, 11) is 0. The van der Waals surface area contributed by atoms with Crippen LogP contribution >= 0.6 is 22.6 Å². The first-order valence-electron chi connectivity index (χ1n) is 7.86. The highest BCUT2D eigenvalue weighted by Gasteiger charge is 2.12. The molecule has 0 nitrogen and oxygen atoms in total. The van der Waals surface area contributed by atoms with Gasteiger partial charge in [-0.15, -0.1) is 0 Å². The van der Waals surface area contributed by atoms with Crippen molar-refractivity contribution in [3.05, 3.63) is 0 Å². The van der Waals surface area contributed by atoms with Crippen molar-refractivity contribution in [2.75, 3.05) is 0 Å². The van der Waals surface area contributed by atoms with Gasteiger partial charge in [0.05, 0.1) is 0 Å². The first kappa shape index (κ1) is 17.7. The van der Waals surface area contributed by atoms with Gasteiger partial charge in [0.25, 0.3) is 0 Å². The Hall–Kier alpha value is 0.730. The van der Waals surface area contributed by atoms with Crippen LogP contribution in [0, 0.1) is 5.92 Å². The molecule has 0 aromatic rings. The minimum absolute atomic E-state index is 0.912. The van der Waals surface area contributed by atoms with Crippen molar-refractivity contribution in [3.63, 3.8) is 0 Å². The molecule has 0 aromatic carbocycles. The van der Waals surface area contributed by atoms with Crippen molar-refractivity contribution in [3.8, 4) is 0 Å². The van der Waals surface area contributed by atoms with Crippen molar-refractivity contribution >= 4 is 22.6 Å². The molecule has 0 aliphatic rings. The van der Waals surface area contributed by atoms with Gasteiger partial charge in [-0.25, -0.2) is 0 Å². The largest absolute Gasteiger partial charge is 0.0823 e. The van der Waals surface area contributed by atoms with E-state index in [9.17, 15) is 0 Å². The Bertz CT molecular complexity index is 144. The molecule has 2 unspecified atom stereocenters. The Balaban J connectivity index is 3.34. The molecule has 0 aliphatic heterocycles. The highest BCUT2D eigenvalue weighted by molar-refractivity contribution is 14.1. The molecule has 0 spiro atoms. The molecule has 104 valence electrons. The topological polar surface area (TPSA) is 0 Å². The Labute approximate surface area is 123 Å². The number of hydrogen-bond donors (Lipinski definition) is 0. The standard InChI is InChI=1S/C16H33I/c1-4-6-8-9-10-12-13-15(3)16(17)14-11-7-5-2/h15-16H,4-14H2,1-3H3. The summed E-state index contributed by atoms with van der Waals surface area (Å²) in [6, 6.07) is 0. The molecule has 2 atom stereocenters. The van der Waals surface area contributed by atoms with E-state index >= 15 is 0 Å². The molecule has 0 bridgehead atoms. The molecule has 0 aromatic heterocycles. The number of hydrogen-bond acceptors (Lipinski definition) is 0. The predicted molar refractivity (Wildman–Crippen MR) is 89.1 cm³/mol. The summed E-state index contributed by atoms with van der Waals surface area (Å²) >= 11 is 2.68. The monoisotopic (exact) mass is 352 g/mol. The lowest BCUT2D eigenvalue weighted by atomic mass is 9.96. The summed E-state index contributed by atoms with van der Waals surface area (Å²) in [5, 5.41) is 0. The van der Waals surface area contributed by atoms with Crippen LogP contribution in [0.15, 0.2) is 0 Å². The Morgan fingerprint density at radius 3 is 1.82 bits per heavy atom. The van der Waals surface area contributed by atoms with E-state index in [1.165, 1.54) is 70.6 Å². The van der Waals surface area contributed by atoms with Crippen molar-refractivity contribution in [2.45, 2.75) is 95.3 Å². The second-order valence-electron chi connectivity index (χ2n) is 5.55. The molecular formula is C16H33I. The van der Waals surface area contributed by atoms with Crippen LogP contribution in [-0.2, 0) is 0 Å². The molecule has 17 heavy (non-hydrogen) atoms. The van der Waals surface area contributed by atoms with Crippen LogP contribution in [0.4, 0.5) is 0 Å². The summed E-state index contributed by atoms with van der Waals surface area (Å²) in [4.78, 5) is 0. The zero-order valence-corrected chi connectivity index (χ0v) is 14.5. The highest BCUT2D eigenvalue weighted by atomic mass is 127. The van der Waals surface area contributed by atoms with E-state index in [1.807, 2.05) is 0 Å². The molecule has 0 radical (unpaired) electrons. The SMILES string of the molecule is CCCCCCCCC(C)C(I)CCCCC. The molecule has 0 N–H and O–H groups in total. The number of halogens is 1. The second kappa shape index (κ2) is 13.2. The van der Waals surface area contributed by atoms with E-state index in [-0.39, 0.29) is 0 Å². The Morgan fingerprint density at radius 1 is 0.706 bits per heavy atom. The van der Waals surface area contributed by atoms with Crippen LogP contribution in [0.2, 0.25) is 0 Å². The molecule has 1 heteroatoms. The molecule has 0 heterocycles. The van der Waals surface area contributed by atoms with E-state index in [4.69, 9.17) is 0 Å². The van der Waals surface area contributed by atoms with Crippen molar-refractivity contribution in [1.82, 2.24) is 0 Å². The smallest absolute Gasteiger partial charge is 0.0135 e. The molecule has 0 rings (SSSR count). The van der Waals surface area contributed by atoms with E-state index in [1.54, 1.807) is 0 Å². The van der Waals surface area contributed by atoms with Gasteiger partial charge in [0.1, 0.15) is 0 Å². The van der Waals surface area contributed by atoms with Gasteiger partial charge in [-0.2, -0.15) is 0 Å². The number of rotatable bonds is 12. The lowest BCUT2D eigenvalue weighted by Crippen LogP contribution is -2.10. The lowest BCUT2D eigenvalue weighted by molar-refractivity contribution is 0.455. The van der Waals surface area contributed by atoms with Crippen LogP contribution < -0.4 is 0 Å². The minimum atomic E-state index is 0.912. The minimum Gasteiger partial charge on any atom is -0.0823 e. The lowest BCUT2D eigenvalue weighted by Gasteiger charge is -2.18. The van der Waals surface area contributed by atoms with E-state index in [0.717, 1.165) is 9.84 Å². The fraction of sp³-hybridized carbons (Fsp3) is 1.00. The van der Waals surface area contributed by atoms with Crippen LogP contribution in [0.1, 0.15) is 91.4 Å². The third-order valence-electron chi connectivity index (χ3n) is 3.71. The van der Waals surface area contributed by atoms with Gasteiger partial charge in [0, 0.05) is 3.92 Å². The van der Waals surface area contributed by atoms with E-state index in [0.29, 0.717) is 0 Å². The van der Waals surface area contributed by atoms with Gasteiger partial charge < -0.3 is 0 Å². The normalized spacial score (nSPS) is 14.8. The van der Waals surface area contributed by atoms with Gasteiger partial charge in [-0.1, -0.05) is 101 Å². The maximum absolute atomic E-state index is 2.68. The van der Waals surface area contributed by atoms with Crippen LogP contribution in [0.5, 0.6) is 0 Å². The fourth-order valence-corrected chi connectivity index (χ4v) is 3.10. The number of alkyl halides is 1. The van der Waals surface area contributed by atoms with E-state index in [2.05, 4.69) is 43.4 Å². The summed E-state index contributed by atoms with van der Waals surface area (Å²) in [5.41, 5.74) is 0. The molecule has 0 aliphatic carbocycles. The van der Waals surface area contributed by atoms with Crippen LogP contribution in [-0.4, -0.2) is 3.92 Å². The summed E-state index contributed by atoms with van der Waals surface area (Å²) in [5.74, 6) is 0.929. The van der Waals surface area contributed by atoms with Gasteiger partial charge in [-0.05, 0) is 18.8 Å². The van der Waals surface area contributed by atoms with Gasteiger partial charge in [-0.3, -0.25) is 0 Å². The summed E-state index contributed by atoms with van der Waals surface area (Å²) in [6.07, 6.45) is 15.7. The third kappa shape index (κ3) is 11.5. The molecule has 0 fully saturated rings. The van der Waals surface area contributed by atoms with E-state index < -0.39 is 0 Å². The molecule has 0 saturated carbocycles. The van der Waals surface area contributed by atoms with Crippen LogP contribution in [0.3, 0.4) is 0 Å². The zero-order valence-electron chi connectivity index (χ0n) is 12.3. The van der Waals surface area contributed by atoms with Crippen molar-refractivity contribution in [1.29, 1.82) is 0 Å². The fourth-order valence-electron chi connectivity index (χ4n) is 2.30. The predicted octanol–water partition coefficient (Wildman–Crippen LogP) is 6.76. The quantitative estimate of drug-likeness (QED) is 0.207. The van der Waals surface area contributed by atoms with Gasteiger partial charge >= 0.3 is 0 Å². The first-order chi connectivity index (χ1) is 8.22.